The van der Waals surface area contributed by atoms with E-state index in [1.807, 2.05) is 0 Å². The van der Waals surface area contributed by atoms with Crippen LogP contribution in [0.4, 0.5) is 0 Å². The smallest absolute Gasteiger partial charge is 0.217 e. The zero-order valence-corrected chi connectivity index (χ0v) is 13.8. The van der Waals surface area contributed by atoms with Crippen molar-refractivity contribution in [1.82, 2.24) is 5.32 Å². The molecule has 0 aliphatic carbocycles. The number of amides is 1. The van der Waals surface area contributed by atoms with Crippen LogP contribution in [-0.4, -0.2) is 111 Å². The molecule has 2 heterocycles. The third-order valence-electron chi connectivity index (χ3n) is 4.27. The van der Waals surface area contributed by atoms with Gasteiger partial charge in [0.05, 0.1) is 6.61 Å². The maximum atomic E-state index is 11.2. The topological polar surface area (TPSA) is 195 Å². The molecule has 2 aliphatic rings. The predicted octanol–water partition coefficient (Wildman–Crippen LogP) is -5.05. The molecule has 2 rings (SSSR count). The maximum absolute atomic E-state index is 11.2. The molecule has 4 unspecified atom stereocenters. The number of nitrogens with one attached hydrogen (secondary N) is 1. The number of hydrogen-bond donors (Lipinski definition) is 7. The Labute approximate surface area is 147 Å². The van der Waals surface area contributed by atoms with E-state index >= 15 is 0 Å². The van der Waals surface area contributed by atoms with Crippen molar-refractivity contribution in [3.63, 3.8) is 0 Å². The van der Waals surface area contributed by atoms with Crippen molar-refractivity contribution >= 4 is 12.2 Å². The lowest BCUT2D eigenvalue weighted by Gasteiger charge is -2.45. The Kier molecular flexibility index (Phi) is 7.01. The summed E-state index contributed by atoms with van der Waals surface area (Å²) >= 11 is 0. The van der Waals surface area contributed by atoms with E-state index < -0.39 is 73.9 Å². The number of hydrogen-bond acceptors (Lipinski definition) is 11. The summed E-state index contributed by atoms with van der Waals surface area (Å²) in [7, 11) is 0. The molecule has 10 atom stereocenters. The van der Waals surface area contributed by atoms with Gasteiger partial charge >= 0.3 is 0 Å². The molecule has 0 bridgehead atoms. The van der Waals surface area contributed by atoms with Gasteiger partial charge in [-0.25, -0.2) is 0 Å². The van der Waals surface area contributed by atoms with Crippen molar-refractivity contribution in [2.75, 3.05) is 6.61 Å². The van der Waals surface area contributed by atoms with Gasteiger partial charge in [-0.15, -0.1) is 0 Å². The van der Waals surface area contributed by atoms with Crippen molar-refractivity contribution in [3.05, 3.63) is 0 Å². The van der Waals surface area contributed by atoms with Crippen LogP contribution in [0.5, 0.6) is 0 Å². The highest BCUT2D eigenvalue weighted by Gasteiger charge is 2.50. The summed E-state index contributed by atoms with van der Waals surface area (Å²) in [6, 6.07) is -1.31. The predicted molar refractivity (Wildman–Crippen MR) is 79.2 cm³/mol. The van der Waals surface area contributed by atoms with Crippen molar-refractivity contribution in [2.45, 2.75) is 68.3 Å². The third-order valence-corrected chi connectivity index (χ3v) is 4.27. The van der Waals surface area contributed by atoms with Crippen molar-refractivity contribution in [2.24, 2.45) is 0 Å². The molecule has 0 spiro atoms. The molecular formula is C14H23NO11. The lowest BCUT2D eigenvalue weighted by Crippen LogP contribution is -2.67. The number of aliphatic hydroxyl groups is 6. The first-order chi connectivity index (χ1) is 12.2. The summed E-state index contributed by atoms with van der Waals surface area (Å²) in [5.74, 6) is -0.577. The second-order valence-electron chi connectivity index (χ2n) is 6.14. The van der Waals surface area contributed by atoms with E-state index in [4.69, 9.17) is 14.2 Å². The van der Waals surface area contributed by atoms with E-state index in [1.165, 1.54) is 0 Å². The molecule has 26 heavy (non-hydrogen) atoms. The fraction of sp³-hybridized carbons (Fsp3) is 0.857. The quantitative estimate of drug-likeness (QED) is 0.225. The van der Waals surface area contributed by atoms with Gasteiger partial charge in [-0.05, 0) is 0 Å². The molecule has 12 heteroatoms. The molecular weight excluding hydrogens is 358 g/mol. The van der Waals surface area contributed by atoms with E-state index in [9.17, 15) is 40.2 Å². The summed E-state index contributed by atoms with van der Waals surface area (Å²) in [5, 5.41) is 61.3. The summed E-state index contributed by atoms with van der Waals surface area (Å²) in [6.07, 6.45) is -14.1. The first-order valence-corrected chi connectivity index (χ1v) is 7.91. The number of carbonyl (C=O) groups is 2. The van der Waals surface area contributed by atoms with Crippen molar-refractivity contribution < 1.29 is 54.4 Å². The normalized spacial score (nSPS) is 46.6. The van der Waals surface area contributed by atoms with E-state index in [2.05, 4.69) is 5.32 Å². The van der Waals surface area contributed by atoms with Gasteiger partial charge in [-0.1, -0.05) is 0 Å². The zero-order valence-electron chi connectivity index (χ0n) is 13.8. The Hall–Kier alpha value is -1.22. The summed E-state index contributed by atoms with van der Waals surface area (Å²) in [6.45, 7) is 0.449. The van der Waals surface area contributed by atoms with Crippen LogP contribution in [0.3, 0.4) is 0 Å². The highest BCUT2D eigenvalue weighted by atomic mass is 16.7. The third kappa shape index (κ3) is 4.19. The minimum Gasteiger partial charge on any atom is -0.394 e. The molecule has 0 saturated carbocycles. The van der Waals surface area contributed by atoms with Crippen LogP contribution in [0, 0.1) is 0 Å². The highest BCUT2D eigenvalue weighted by Crippen LogP contribution is 2.28. The van der Waals surface area contributed by atoms with Gasteiger partial charge in [-0.2, -0.15) is 0 Å². The number of ether oxygens (including phenoxy) is 3. The van der Waals surface area contributed by atoms with E-state index in [-0.39, 0.29) is 6.29 Å². The SMILES string of the molecule is CC(=O)NC1[C@H](O)OC(CO)[C@@H](O[C@@H]2OC(C=O)[C@H](O)[C@H](O)C2O)[C@@H]1O. The van der Waals surface area contributed by atoms with Crippen LogP contribution >= 0.6 is 0 Å². The maximum Gasteiger partial charge on any atom is 0.217 e. The van der Waals surface area contributed by atoms with Crippen LogP contribution in [0.1, 0.15) is 6.92 Å². The Morgan fingerprint density at radius 2 is 1.73 bits per heavy atom. The van der Waals surface area contributed by atoms with Crippen LogP contribution in [0.25, 0.3) is 0 Å². The summed E-state index contributed by atoms with van der Waals surface area (Å²) in [4.78, 5) is 22.2. The Morgan fingerprint density at radius 1 is 1.08 bits per heavy atom. The molecule has 2 fully saturated rings. The Bertz CT molecular complexity index is 505. The molecule has 2 saturated heterocycles. The Morgan fingerprint density at radius 3 is 2.27 bits per heavy atom. The van der Waals surface area contributed by atoms with Crippen molar-refractivity contribution in [1.29, 1.82) is 0 Å². The second kappa shape index (κ2) is 8.65. The summed E-state index contributed by atoms with van der Waals surface area (Å²) in [5.41, 5.74) is 0. The van der Waals surface area contributed by atoms with Crippen LogP contribution in [-0.2, 0) is 23.8 Å². The van der Waals surface area contributed by atoms with Gasteiger partial charge in [0.15, 0.2) is 18.9 Å². The fourth-order valence-corrected chi connectivity index (χ4v) is 2.89. The summed E-state index contributed by atoms with van der Waals surface area (Å²) < 4.78 is 15.5. The molecule has 0 radical (unpaired) electrons. The van der Waals surface area contributed by atoms with E-state index in [0.717, 1.165) is 6.92 Å². The molecule has 0 aromatic heterocycles. The van der Waals surface area contributed by atoms with Gasteiger partial charge in [0.2, 0.25) is 5.91 Å². The molecule has 12 nitrogen and oxygen atoms in total. The lowest BCUT2D eigenvalue weighted by atomic mass is 9.95. The van der Waals surface area contributed by atoms with Gasteiger partial charge < -0.3 is 55.0 Å². The van der Waals surface area contributed by atoms with Gasteiger partial charge in [0.1, 0.15) is 48.8 Å². The average molecular weight is 381 g/mol. The van der Waals surface area contributed by atoms with Crippen LogP contribution < -0.4 is 5.32 Å². The molecule has 0 aromatic rings. The first kappa shape index (κ1) is 21.1. The van der Waals surface area contributed by atoms with Crippen LogP contribution in [0.15, 0.2) is 0 Å². The molecule has 150 valence electrons. The number of aliphatic hydroxyl groups excluding tert-OH is 6. The standard InChI is InChI=1S/C14H23NO11/c1-4(18)15-7-9(20)12(6(3-17)24-13(7)23)26-14-11(22)10(21)8(19)5(2-16)25-14/h2,5-14,17,19-23H,3H2,1H3,(H,15,18)/t5?,6?,7?,8-,9+,10-,11?,12+,13+,14-/m0/s1. The van der Waals surface area contributed by atoms with Crippen molar-refractivity contribution in [3.8, 4) is 0 Å². The average Bonchev–Trinajstić information content (AvgIpc) is 2.60. The number of rotatable bonds is 5. The van der Waals surface area contributed by atoms with E-state index in [1.54, 1.807) is 0 Å². The fourth-order valence-electron chi connectivity index (χ4n) is 2.89. The van der Waals surface area contributed by atoms with Gasteiger partial charge in [0, 0.05) is 6.92 Å². The first-order valence-electron chi connectivity index (χ1n) is 7.91. The molecule has 2 aliphatic heterocycles. The largest absolute Gasteiger partial charge is 0.394 e. The van der Waals surface area contributed by atoms with Gasteiger partial charge in [0.25, 0.3) is 0 Å². The van der Waals surface area contributed by atoms with Crippen LogP contribution in [0.2, 0.25) is 0 Å². The monoisotopic (exact) mass is 381 g/mol. The molecule has 0 aromatic carbocycles. The Balaban J connectivity index is 2.18. The molecule has 1 amide bonds. The zero-order chi connectivity index (χ0) is 19.6. The van der Waals surface area contributed by atoms with E-state index in [0.29, 0.717) is 0 Å². The lowest BCUT2D eigenvalue weighted by molar-refractivity contribution is -0.337. The minimum absolute atomic E-state index is 0.206. The second-order valence-corrected chi connectivity index (χ2v) is 6.14. The molecule has 7 N–H and O–H groups in total. The van der Waals surface area contributed by atoms with Gasteiger partial charge in [-0.3, -0.25) is 4.79 Å². The highest BCUT2D eigenvalue weighted by molar-refractivity contribution is 5.73. The minimum atomic E-state index is -1.78. The number of aldehydes is 1. The number of carbonyl (C=O) groups excluding carboxylic acids is 2.